The molecular formula is C17H17BrF2N4O2. The van der Waals surface area contributed by atoms with E-state index in [4.69, 9.17) is 0 Å². The number of benzene rings is 1. The molecular weight excluding hydrogens is 410 g/mol. The van der Waals surface area contributed by atoms with Crippen LogP contribution in [-0.4, -0.2) is 44.6 Å². The summed E-state index contributed by atoms with van der Waals surface area (Å²) in [5.74, 6) is -3.90. The van der Waals surface area contributed by atoms with Crippen molar-refractivity contribution >= 4 is 21.8 Å². The van der Waals surface area contributed by atoms with E-state index in [1.807, 2.05) is 24.3 Å². The average molecular weight is 427 g/mol. The third-order valence-corrected chi connectivity index (χ3v) is 5.55. The minimum atomic E-state index is -2.84. The van der Waals surface area contributed by atoms with Crippen LogP contribution < -0.4 is 5.69 Å². The SMILES string of the molecule is O=C(C1CC1(F)F)N1CC[C@@H](Cn2c(-c3ccc(Br)cc3)n[nH]c2=O)C1. The lowest BCUT2D eigenvalue weighted by atomic mass is 10.1. The molecule has 1 aromatic heterocycles. The van der Waals surface area contributed by atoms with Crippen LogP contribution in [0.5, 0.6) is 0 Å². The van der Waals surface area contributed by atoms with Crippen LogP contribution in [0.1, 0.15) is 12.8 Å². The quantitative estimate of drug-likeness (QED) is 0.816. The van der Waals surface area contributed by atoms with E-state index in [9.17, 15) is 18.4 Å². The normalized spacial score (nSPS) is 24.0. The highest BCUT2D eigenvalue weighted by atomic mass is 79.9. The van der Waals surface area contributed by atoms with Gasteiger partial charge in [-0.25, -0.2) is 18.7 Å². The molecule has 26 heavy (non-hydrogen) atoms. The van der Waals surface area contributed by atoms with Crippen LogP contribution in [0, 0.1) is 11.8 Å². The molecule has 0 bridgehead atoms. The molecule has 4 rings (SSSR count). The third-order valence-electron chi connectivity index (χ3n) is 5.02. The lowest BCUT2D eigenvalue weighted by molar-refractivity contribution is -0.133. The number of likely N-dealkylation sites (tertiary alicyclic amines) is 1. The van der Waals surface area contributed by atoms with Crippen molar-refractivity contribution in [2.45, 2.75) is 25.3 Å². The first-order chi connectivity index (χ1) is 12.3. The summed E-state index contributed by atoms with van der Waals surface area (Å²) in [6.45, 7) is 1.24. The molecule has 138 valence electrons. The first kappa shape index (κ1) is 17.4. The smallest absolute Gasteiger partial charge is 0.342 e. The summed E-state index contributed by atoms with van der Waals surface area (Å²) >= 11 is 3.37. The van der Waals surface area contributed by atoms with E-state index in [1.165, 1.54) is 4.90 Å². The van der Waals surface area contributed by atoms with Crippen molar-refractivity contribution in [1.29, 1.82) is 0 Å². The predicted molar refractivity (Wildman–Crippen MR) is 93.7 cm³/mol. The summed E-state index contributed by atoms with van der Waals surface area (Å²) in [5, 5.41) is 6.56. The fourth-order valence-electron chi connectivity index (χ4n) is 3.45. The highest BCUT2D eigenvalue weighted by Gasteiger charge is 2.62. The van der Waals surface area contributed by atoms with Crippen LogP contribution >= 0.6 is 15.9 Å². The Kier molecular flexibility index (Phi) is 4.21. The molecule has 1 aliphatic carbocycles. The van der Waals surface area contributed by atoms with Gasteiger partial charge in [-0.2, -0.15) is 5.10 Å². The van der Waals surface area contributed by atoms with Gasteiger partial charge in [0.25, 0.3) is 5.92 Å². The summed E-state index contributed by atoms with van der Waals surface area (Å²) in [7, 11) is 0. The van der Waals surface area contributed by atoms with Crippen molar-refractivity contribution < 1.29 is 13.6 Å². The zero-order valence-electron chi connectivity index (χ0n) is 13.8. The second-order valence-electron chi connectivity index (χ2n) is 6.93. The van der Waals surface area contributed by atoms with Crippen molar-refractivity contribution in [3.8, 4) is 11.4 Å². The van der Waals surface area contributed by atoms with Gasteiger partial charge < -0.3 is 4.90 Å². The van der Waals surface area contributed by atoms with Gasteiger partial charge in [0.05, 0.1) is 0 Å². The number of nitrogens with one attached hydrogen (secondary N) is 1. The standard InChI is InChI=1S/C17H17BrF2N4O2/c18-12-3-1-11(2-4-12)14-21-22-16(26)24(14)9-10-5-6-23(8-10)15(25)13-7-17(13,19)20/h1-4,10,13H,5-9H2,(H,22,26)/t10-,13?/m1/s1. The van der Waals surface area contributed by atoms with Gasteiger partial charge in [0.15, 0.2) is 5.82 Å². The second-order valence-corrected chi connectivity index (χ2v) is 7.84. The fourth-order valence-corrected chi connectivity index (χ4v) is 3.71. The molecule has 2 heterocycles. The van der Waals surface area contributed by atoms with Crippen molar-refractivity contribution in [3.63, 3.8) is 0 Å². The van der Waals surface area contributed by atoms with Crippen LogP contribution in [0.4, 0.5) is 8.78 Å². The third kappa shape index (κ3) is 3.20. The van der Waals surface area contributed by atoms with Gasteiger partial charge in [-0.05, 0) is 24.5 Å². The molecule has 0 spiro atoms. The largest absolute Gasteiger partial charge is 0.343 e. The Hall–Kier alpha value is -2.03. The molecule has 1 aromatic carbocycles. The van der Waals surface area contributed by atoms with Crippen LogP contribution in [0.2, 0.25) is 0 Å². The topological polar surface area (TPSA) is 71.0 Å². The lowest BCUT2D eigenvalue weighted by Gasteiger charge is -2.17. The van der Waals surface area contributed by atoms with E-state index in [2.05, 4.69) is 26.1 Å². The number of nitrogens with zero attached hydrogens (tertiary/aromatic N) is 3. The van der Waals surface area contributed by atoms with Gasteiger partial charge >= 0.3 is 5.69 Å². The minimum absolute atomic E-state index is 0.0378. The van der Waals surface area contributed by atoms with Crippen molar-refractivity contribution in [2.75, 3.05) is 13.1 Å². The van der Waals surface area contributed by atoms with E-state index in [0.29, 0.717) is 31.9 Å². The Morgan fingerprint density at radius 3 is 2.69 bits per heavy atom. The maximum Gasteiger partial charge on any atom is 0.343 e. The monoisotopic (exact) mass is 426 g/mol. The van der Waals surface area contributed by atoms with E-state index in [0.717, 1.165) is 10.0 Å². The van der Waals surface area contributed by atoms with E-state index < -0.39 is 17.7 Å². The maximum absolute atomic E-state index is 13.1. The van der Waals surface area contributed by atoms with Crippen molar-refractivity contribution in [1.82, 2.24) is 19.7 Å². The first-order valence-electron chi connectivity index (χ1n) is 8.43. The average Bonchev–Trinajstić information content (AvgIpc) is 2.94. The Morgan fingerprint density at radius 2 is 2.04 bits per heavy atom. The highest BCUT2D eigenvalue weighted by molar-refractivity contribution is 9.10. The number of carbonyl (C=O) groups is 1. The summed E-state index contributed by atoms with van der Waals surface area (Å²) in [6.07, 6.45) is 0.337. The number of amides is 1. The zero-order chi connectivity index (χ0) is 18.5. The Morgan fingerprint density at radius 1 is 1.35 bits per heavy atom. The number of hydrogen-bond acceptors (Lipinski definition) is 3. The van der Waals surface area contributed by atoms with Crippen LogP contribution in [0.25, 0.3) is 11.4 Å². The molecule has 1 saturated carbocycles. The van der Waals surface area contributed by atoms with Crippen molar-refractivity contribution in [3.05, 3.63) is 39.2 Å². The number of H-pyrrole nitrogens is 1. The summed E-state index contributed by atoms with van der Waals surface area (Å²) in [5.41, 5.74) is 0.483. The lowest BCUT2D eigenvalue weighted by Crippen LogP contribution is -2.32. The molecule has 1 N–H and O–H groups in total. The number of halogens is 3. The van der Waals surface area contributed by atoms with Gasteiger partial charge in [-0.15, -0.1) is 0 Å². The molecule has 1 unspecified atom stereocenters. The second kappa shape index (κ2) is 6.29. The van der Waals surface area contributed by atoms with Crippen molar-refractivity contribution in [2.24, 2.45) is 11.8 Å². The van der Waals surface area contributed by atoms with Gasteiger partial charge in [-0.1, -0.05) is 28.1 Å². The Bertz CT molecular complexity index is 893. The van der Waals surface area contributed by atoms with Crippen LogP contribution in [-0.2, 0) is 11.3 Å². The molecule has 1 amide bonds. The first-order valence-corrected chi connectivity index (χ1v) is 9.22. The van der Waals surface area contributed by atoms with Gasteiger partial charge in [-0.3, -0.25) is 9.36 Å². The van der Waals surface area contributed by atoms with E-state index in [-0.39, 0.29) is 18.0 Å². The van der Waals surface area contributed by atoms with Gasteiger partial charge in [0.1, 0.15) is 5.92 Å². The number of rotatable bonds is 4. The Labute approximate surface area is 156 Å². The van der Waals surface area contributed by atoms with E-state index >= 15 is 0 Å². The van der Waals surface area contributed by atoms with E-state index in [1.54, 1.807) is 4.57 Å². The molecule has 1 aliphatic heterocycles. The highest BCUT2D eigenvalue weighted by Crippen LogP contribution is 2.49. The number of hydrogen-bond donors (Lipinski definition) is 1. The maximum atomic E-state index is 13.1. The zero-order valence-corrected chi connectivity index (χ0v) is 15.4. The molecule has 2 atom stereocenters. The molecule has 9 heteroatoms. The molecule has 2 fully saturated rings. The number of alkyl halides is 2. The molecule has 6 nitrogen and oxygen atoms in total. The fraction of sp³-hybridized carbons (Fsp3) is 0.471. The number of carbonyl (C=O) groups excluding carboxylic acids is 1. The predicted octanol–water partition coefficient (Wildman–Crippen LogP) is 2.50. The molecule has 0 radical (unpaired) electrons. The minimum Gasteiger partial charge on any atom is -0.342 e. The summed E-state index contributed by atoms with van der Waals surface area (Å²) in [6, 6.07) is 7.45. The molecule has 2 aliphatic rings. The van der Waals surface area contributed by atoms with Gasteiger partial charge in [0.2, 0.25) is 5.91 Å². The molecule has 2 aromatic rings. The summed E-state index contributed by atoms with van der Waals surface area (Å²) < 4.78 is 28.7. The number of aromatic nitrogens is 3. The molecule has 1 saturated heterocycles. The van der Waals surface area contributed by atoms with Gasteiger partial charge in [0, 0.05) is 36.1 Å². The number of aromatic amines is 1. The van der Waals surface area contributed by atoms with Crippen LogP contribution in [0.15, 0.2) is 33.5 Å². The van der Waals surface area contributed by atoms with Crippen LogP contribution in [0.3, 0.4) is 0 Å². The summed E-state index contributed by atoms with van der Waals surface area (Å²) in [4.78, 5) is 25.8. The Balaban J connectivity index is 1.47.